The van der Waals surface area contributed by atoms with E-state index in [-0.39, 0.29) is 5.91 Å². The summed E-state index contributed by atoms with van der Waals surface area (Å²) in [5.74, 6) is 0.288. The summed E-state index contributed by atoms with van der Waals surface area (Å²) < 4.78 is 5.73. The average Bonchev–Trinajstić information content (AvgIpc) is 2.64. The predicted molar refractivity (Wildman–Crippen MR) is 101 cm³/mol. The second kappa shape index (κ2) is 8.37. The molecule has 140 valence electrons. The van der Waals surface area contributed by atoms with Crippen molar-refractivity contribution in [1.82, 2.24) is 5.32 Å². The van der Waals surface area contributed by atoms with Crippen LogP contribution in [0.1, 0.15) is 12.5 Å². The minimum atomic E-state index is -1.26. The molecule has 1 aliphatic heterocycles. The Morgan fingerprint density at radius 1 is 1.15 bits per heavy atom. The van der Waals surface area contributed by atoms with Crippen molar-refractivity contribution in [3.05, 3.63) is 48.0 Å². The summed E-state index contributed by atoms with van der Waals surface area (Å²) in [5, 5.41) is 34.7. The van der Waals surface area contributed by atoms with Gasteiger partial charge < -0.3 is 25.4 Å². The number of thioether (sulfide) groups is 1. The first-order valence-electron chi connectivity index (χ1n) is 8.48. The lowest BCUT2D eigenvalue weighted by atomic mass is 9.98. The summed E-state index contributed by atoms with van der Waals surface area (Å²) >= 11 is 1.41. The first-order valence-corrected chi connectivity index (χ1v) is 9.53. The highest BCUT2D eigenvalue weighted by molar-refractivity contribution is 7.99. The van der Waals surface area contributed by atoms with Crippen LogP contribution in [0.25, 0.3) is 10.8 Å². The Morgan fingerprint density at radius 2 is 1.88 bits per heavy atom. The number of benzene rings is 2. The molecule has 0 aliphatic carbocycles. The Bertz CT molecular complexity index is 770. The molecule has 4 N–H and O–H groups in total. The van der Waals surface area contributed by atoms with E-state index < -0.39 is 36.4 Å². The van der Waals surface area contributed by atoms with Crippen molar-refractivity contribution in [2.45, 2.75) is 42.5 Å². The van der Waals surface area contributed by atoms with Crippen LogP contribution >= 0.6 is 11.8 Å². The number of ether oxygens (including phenoxy) is 1. The zero-order chi connectivity index (χ0) is 18.7. The smallest absolute Gasteiger partial charge is 0.217 e. The Kier molecular flexibility index (Phi) is 6.16. The van der Waals surface area contributed by atoms with Crippen LogP contribution in [-0.4, -0.2) is 57.6 Å². The Labute approximate surface area is 156 Å². The summed E-state index contributed by atoms with van der Waals surface area (Å²) in [5.41, 5.74) is 0.501. The zero-order valence-corrected chi connectivity index (χ0v) is 15.2. The number of nitrogens with one attached hydrogen (secondary N) is 1. The van der Waals surface area contributed by atoms with Crippen molar-refractivity contribution in [2.24, 2.45) is 0 Å². The second-order valence-corrected chi connectivity index (χ2v) is 7.51. The van der Waals surface area contributed by atoms with Crippen LogP contribution in [0, 0.1) is 0 Å². The molecule has 0 spiro atoms. The fraction of sp³-hybridized carbons (Fsp3) is 0.421. The van der Waals surface area contributed by atoms with Gasteiger partial charge >= 0.3 is 0 Å². The van der Waals surface area contributed by atoms with Crippen molar-refractivity contribution >= 4 is 28.4 Å². The van der Waals surface area contributed by atoms with Gasteiger partial charge in [-0.3, -0.25) is 4.79 Å². The van der Waals surface area contributed by atoms with Crippen molar-refractivity contribution in [3.8, 4) is 0 Å². The molecule has 2 aromatic carbocycles. The van der Waals surface area contributed by atoms with E-state index in [1.54, 1.807) is 0 Å². The van der Waals surface area contributed by atoms with Crippen molar-refractivity contribution in [2.75, 3.05) is 6.61 Å². The highest BCUT2D eigenvalue weighted by Gasteiger charge is 2.44. The first-order chi connectivity index (χ1) is 12.5. The van der Waals surface area contributed by atoms with Gasteiger partial charge in [-0.1, -0.05) is 42.5 Å². The van der Waals surface area contributed by atoms with Gasteiger partial charge in [-0.2, -0.15) is 0 Å². The van der Waals surface area contributed by atoms with E-state index in [1.807, 2.05) is 36.4 Å². The summed E-state index contributed by atoms with van der Waals surface area (Å²) in [7, 11) is 0. The van der Waals surface area contributed by atoms with Crippen LogP contribution in [0.3, 0.4) is 0 Å². The highest BCUT2D eigenvalue weighted by Crippen LogP contribution is 2.31. The number of rotatable bonds is 5. The Balaban J connectivity index is 1.74. The molecule has 1 aliphatic rings. The number of hydrogen-bond donors (Lipinski definition) is 4. The van der Waals surface area contributed by atoms with E-state index in [4.69, 9.17) is 4.74 Å². The fourth-order valence-electron chi connectivity index (χ4n) is 3.12. The minimum absolute atomic E-state index is 0.316. The molecule has 6 nitrogen and oxygen atoms in total. The second-order valence-electron chi connectivity index (χ2n) is 6.43. The molecule has 2 aromatic rings. The molecule has 1 saturated heterocycles. The number of carbonyl (C=O) groups excluding carboxylic acids is 1. The number of carbonyl (C=O) groups is 1. The zero-order valence-electron chi connectivity index (χ0n) is 14.4. The maximum Gasteiger partial charge on any atom is 0.217 e. The van der Waals surface area contributed by atoms with Gasteiger partial charge in [-0.25, -0.2) is 0 Å². The predicted octanol–water partition coefficient (Wildman–Crippen LogP) is 1.02. The minimum Gasteiger partial charge on any atom is -0.394 e. The number of aliphatic hydroxyl groups is 3. The van der Waals surface area contributed by atoms with E-state index in [0.717, 1.165) is 16.3 Å². The van der Waals surface area contributed by atoms with E-state index in [0.29, 0.717) is 5.75 Å². The molecule has 1 amide bonds. The third-order valence-corrected chi connectivity index (χ3v) is 5.71. The van der Waals surface area contributed by atoms with Crippen molar-refractivity contribution in [3.63, 3.8) is 0 Å². The van der Waals surface area contributed by atoms with Gasteiger partial charge in [0.25, 0.3) is 0 Å². The summed E-state index contributed by atoms with van der Waals surface area (Å²) in [6.07, 6.45) is -3.35. The van der Waals surface area contributed by atoms with E-state index >= 15 is 0 Å². The number of aliphatic hydroxyl groups excluding tert-OH is 3. The Hall–Kier alpha value is -1.64. The SMILES string of the molecule is CC(=O)NC1C(SCc2ccc3ccccc3c2)OC(CO)C(O)C1O. The number of fused-ring (bicyclic) bond motifs is 1. The van der Waals surface area contributed by atoms with Crippen LogP contribution < -0.4 is 5.32 Å². The molecule has 7 heteroatoms. The van der Waals surface area contributed by atoms with Gasteiger partial charge in [0.1, 0.15) is 23.7 Å². The molecule has 0 bridgehead atoms. The lowest BCUT2D eigenvalue weighted by Crippen LogP contribution is -2.63. The molecule has 0 aromatic heterocycles. The van der Waals surface area contributed by atoms with Crippen molar-refractivity contribution < 1.29 is 24.9 Å². The van der Waals surface area contributed by atoms with Gasteiger partial charge in [-0.05, 0) is 16.3 Å². The van der Waals surface area contributed by atoms with Gasteiger partial charge in [-0.15, -0.1) is 11.8 Å². The van der Waals surface area contributed by atoms with Gasteiger partial charge in [0.2, 0.25) is 5.91 Å². The van der Waals surface area contributed by atoms with Crippen LogP contribution in [0.4, 0.5) is 0 Å². The van der Waals surface area contributed by atoms with Gasteiger partial charge in [0.05, 0.1) is 12.6 Å². The Morgan fingerprint density at radius 3 is 2.58 bits per heavy atom. The van der Waals surface area contributed by atoms with E-state index in [2.05, 4.69) is 11.4 Å². The first kappa shape index (κ1) is 19.1. The summed E-state index contributed by atoms with van der Waals surface area (Å²) in [6, 6.07) is 13.5. The van der Waals surface area contributed by atoms with Crippen LogP contribution in [0.15, 0.2) is 42.5 Å². The summed E-state index contributed by atoms with van der Waals surface area (Å²) in [6.45, 7) is 0.945. The lowest BCUT2D eigenvalue weighted by molar-refractivity contribution is -0.173. The standard InChI is InChI=1S/C19H23NO5S/c1-11(22)20-16-18(24)17(23)15(9-21)25-19(16)26-10-12-6-7-13-4-2-3-5-14(13)8-12/h2-8,15-19,21,23-24H,9-10H2,1H3,(H,20,22). The molecule has 1 fully saturated rings. The summed E-state index contributed by atoms with van der Waals surface area (Å²) in [4.78, 5) is 11.5. The van der Waals surface area contributed by atoms with Gasteiger partial charge in [0.15, 0.2) is 0 Å². The molecule has 5 unspecified atom stereocenters. The lowest BCUT2D eigenvalue weighted by Gasteiger charge is -2.42. The van der Waals surface area contributed by atoms with E-state index in [9.17, 15) is 20.1 Å². The topological polar surface area (TPSA) is 99.0 Å². The molecule has 26 heavy (non-hydrogen) atoms. The van der Waals surface area contributed by atoms with E-state index in [1.165, 1.54) is 18.7 Å². The largest absolute Gasteiger partial charge is 0.394 e. The monoisotopic (exact) mass is 377 g/mol. The normalized spacial score (nSPS) is 28.8. The average molecular weight is 377 g/mol. The maximum absolute atomic E-state index is 11.5. The third kappa shape index (κ3) is 4.19. The molecule has 0 saturated carbocycles. The fourth-order valence-corrected chi connectivity index (χ4v) is 4.31. The molecule has 0 radical (unpaired) electrons. The van der Waals surface area contributed by atoms with Crippen LogP contribution in [0.2, 0.25) is 0 Å². The molecular weight excluding hydrogens is 354 g/mol. The highest BCUT2D eigenvalue weighted by atomic mass is 32.2. The van der Waals surface area contributed by atoms with Gasteiger partial charge in [0, 0.05) is 12.7 Å². The molecular formula is C19H23NO5S. The van der Waals surface area contributed by atoms with Crippen molar-refractivity contribution in [1.29, 1.82) is 0 Å². The molecule has 3 rings (SSSR count). The quantitative estimate of drug-likeness (QED) is 0.621. The maximum atomic E-state index is 11.5. The third-order valence-electron chi connectivity index (χ3n) is 4.48. The van der Waals surface area contributed by atoms with Crippen LogP contribution in [-0.2, 0) is 15.3 Å². The molecule has 5 atom stereocenters. The molecule has 1 heterocycles. The van der Waals surface area contributed by atoms with Crippen LogP contribution in [0.5, 0.6) is 0 Å². The number of amides is 1. The number of hydrogen-bond acceptors (Lipinski definition) is 6.